The molecule has 1 aromatic carbocycles. The lowest BCUT2D eigenvalue weighted by Gasteiger charge is -2.37. The van der Waals surface area contributed by atoms with Gasteiger partial charge in [-0.3, -0.25) is 13.6 Å². The number of hydrogen-bond donors (Lipinski definition) is 0. The van der Waals surface area contributed by atoms with Gasteiger partial charge in [0.1, 0.15) is 5.75 Å². The molecule has 0 aliphatic rings. The molecule has 27 heavy (non-hydrogen) atoms. The van der Waals surface area contributed by atoms with Crippen LogP contribution in [0.3, 0.4) is 0 Å². The maximum absolute atomic E-state index is 12.5. The van der Waals surface area contributed by atoms with Gasteiger partial charge in [0.15, 0.2) is 5.75 Å². The van der Waals surface area contributed by atoms with Gasteiger partial charge in [0.25, 0.3) is 8.32 Å². The van der Waals surface area contributed by atoms with Crippen molar-refractivity contribution in [2.75, 3.05) is 20.3 Å². The zero-order valence-electron chi connectivity index (χ0n) is 18.2. The summed E-state index contributed by atoms with van der Waals surface area (Å²) < 4.78 is 40.3. The van der Waals surface area contributed by atoms with Crippen molar-refractivity contribution in [2.45, 2.75) is 66.3 Å². The van der Waals surface area contributed by atoms with Crippen LogP contribution in [0, 0.1) is 6.92 Å². The maximum atomic E-state index is 12.5. The second-order valence-corrected chi connectivity index (χ2v) is 14.3. The van der Waals surface area contributed by atoms with E-state index in [4.69, 9.17) is 22.7 Å². The SMILES string of the molecule is CCOP(=O)(OCC)OCc1cc(C)c(O[Si](C)(C)C(C)(C)C)c(OC)c1. The number of phosphoric ester groups is 1. The maximum Gasteiger partial charge on any atom is 0.475 e. The van der Waals surface area contributed by atoms with Crippen molar-refractivity contribution in [2.24, 2.45) is 0 Å². The summed E-state index contributed by atoms with van der Waals surface area (Å²) >= 11 is 0. The normalized spacial score (nSPS) is 12.9. The fraction of sp³-hybridized carbons (Fsp3) is 0.684. The molecule has 0 amide bonds. The van der Waals surface area contributed by atoms with Crippen LogP contribution in [0.2, 0.25) is 18.1 Å². The highest BCUT2D eigenvalue weighted by Crippen LogP contribution is 2.50. The number of ether oxygens (including phenoxy) is 1. The van der Waals surface area contributed by atoms with Gasteiger partial charge in [0, 0.05) is 0 Å². The first kappa shape index (κ1) is 24.2. The molecule has 0 aliphatic heterocycles. The minimum Gasteiger partial charge on any atom is -0.541 e. The summed E-state index contributed by atoms with van der Waals surface area (Å²) in [5, 5.41) is 0.0772. The second-order valence-electron chi connectivity index (χ2n) is 7.86. The smallest absolute Gasteiger partial charge is 0.475 e. The summed E-state index contributed by atoms with van der Waals surface area (Å²) in [5.74, 6) is 1.40. The van der Waals surface area contributed by atoms with Crippen LogP contribution in [-0.2, 0) is 24.7 Å². The largest absolute Gasteiger partial charge is 0.541 e. The Morgan fingerprint density at radius 3 is 2.04 bits per heavy atom. The molecular formula is C19H35O6PSi. The Morgan fingerprint density at radius 2 is 1.59 bits per heavy atom. The molecule has 0 bridgehead atoms. The molecule has 156 valence electrons. The molecule has 0 N–H and O–H groups in total. The summed E-state index contributed by atoms with van der Waals surface area (Å²) in [6, 6.07) is 3.80. The lowest BCUT2D eigenvalue weighted by atomic mass is 10.1. The summed E-state index contributed by atoms with van der Waals surface area (Å²) in [6.07, 6.45) is 0. The van der Waals surface area contributed by atoms with E-state index in [1.807, 2.05) is 19.1 Å². The van der Waals surface area contributed by atoms with Crippen molar-refractivity contribution in [1.82, 2.24) is 0 Å². The van der Waals surface area contributed by atoms with Crippen molar-refractivity contribution >= 4 is 16.1 Å². The molecule has 0 aliphatic carbocycles. The molecular weight excluding hydrogens is 383 g/mol. The van der Waals surface area contributed by atoms with E-state index in [0.717, 1.165) is 16.9 Å². The molecule has 0 aromatic heterocycles. The van der Waals surface area contributed by atoms with Gasteiger partial charge < -0.3 is 9.16 Å². The zero-order chi connectivity index (χ0) is 20.9. The number of methoxy groups -OCH3 is 1. The van der Waals surface area contributed by atoms with Gasteiger partial charge in [-0.25, -0.2) is 4.57 Å². The third kappa shape index (κ3) is 6.61. The van der Waals surface area contributed by atoms with E-state index in [-0.39, 0.29) is 24.9 Å². The van der Waals surface area contributed by atoms with Gasteiger partial charge in [-0.2, -0.15) is 0 Å². The van der Waals surface area contributed by atoms with Crippen LogP contribution in [0.1, 0.15) is 45.7 Å². The van der Waals surface area contributed by atoms with Gasteiger partial charge in [-0.1, -0.05) is 20.8 Å². The van der Waals surface area contributed by atoms with E-state index in [0.29, 0.717) is 5.75 Å². The van der Waals surface area contributed by atoms with Gasteiger partial charge in [-0.15, -0.1) is 0 Å². The van der Waals surface area contributed by atoms with Crippen molar-refractivity contribution in [3.8, 4) is 11.5 Å². The van der Waals surface area contributed by atoms with E-state index in [9.17, 15) is 4.57 Å². The fourth-order valence-electron chi connectivity index (χ4n) is 2.17. The van der Waals surface area contributed by atoms with Crippen molar-refractivity contribution < 1.29 is 27.3 Å². The lowest BCUT2D eigenvalue weighted by molar-refractivity contribution is 0.116. The lowest BCUT2D eigenvalue weighted by Crippen LogP contribution is -2.44. The Labute approximate surface area is 165 Å². The Morgan fingerprint density at radius 1 is 1.04 bits per heavy atom. The van der Waals surface area contributed by atoms with Crippen LogP contribution < -0.4 is 9.16 Å². The molecule has 0 spiro atoms. The highest BCUT2D eigenvalue weighted by molar-refractivity contribution is 7.48. The Hall–Kier alpha value is -0.853. The van der Waals surface area contributed by atoms with Crippen molar-refractivity contribution in [1.29, 1.82) is 0 Å². The average molecular weight is 419 g/mol. The second kappa shape index (κ2) is 9.57. The van der Waals surface area contributed by atoms with Crippen LogP contribution in [0.5, 0.6) is 11.5 Å². The zero-order valence-corrected chi connectivity index (χ0v) is 20.1. The third-order valence-electron chi connectivity index (χ3n) is 4.65. The fourth-order valence-corrected chi connectivity index (χ4v) is 4.41. The Balaban J connectivity index is 3.08. The number of aryl methyl sites for hydroxylation is 1. The summed E-state index contributed by atoms with van der Waals surface area (Å²) in [6.45, 7) is 17.0. The average Bonchev–Trinajstić information content (AvgIpc) is 2.54. The van der Waals surface area contributed by atoms with Gasteiger partial charge in [0.2, 0.25) is 0 Å². The van der Waals surface area contributed by atoms with Gasteiger partial charge >= 0.3 is 7.82 Å². The van der Waals surface area contributed by atoms with Crippen LogP contribution in [0.25, 0.3) is 0 Å². The van der Waals surface area contributed by atoms with E-state index < -0.39 is 16.1 Å². The first-order valence-electron chi connectivity index (χ1n) is 9.29. The monoisotopic (exact) mass is 418 g/mol. The summed E-state index contributed by atoms with van der Waals surface area (Å²) in [4.78, 5) is 0. The first-order valence-corrected chi connectivity index (χ1v) is 13.7. The van der Waals surface area contributed by atoms with E-state index in [1.54, 1.807) is 21.0 Å². The van der Waals surface area contributed by atoms with Gasteiger partial charge in [0.05, 0.1) is 26.9 Å². The van der Waals surface area contributed by atoms with Gasteiger partial charge in [-0.05, 0) is 62.2 Å². The molecule has 6 nitrogen and oxygen atoms in total. The van der Waals surface area contributed by atoms with Crippen LogP contribution in [-0.4, -0.2) is 28.6 Å². The van der Waals surface area contributed by atoms with Crippen molar-refractivity contribution in [3.05, 3.63) is 23.3 Å². The molecule has 0 unspecified atom stereocenters. The molecule has 1 rings (SSSR count). The quantitative estimate of drug-likeness (QED) is 0.339. The predicted molar refractivity (Wildman–Crippen MR) is 111 cm³/mol. The molecule has 0 fully saturated rings. The standard InChI is InChI=1S/C19H35O6PSi/c1-10-22-26(20,23-11-2)24-14-16-12-15(3)18(17(13-16)21-7)25-27(8,9)19(4,5)6/h12-13H,10-11,14H2,1-9H3. The molecule has 0 saturated carbocycles. The van der Waals surface area contributed by atoms with E-state index in [1.165, 1.54) is 0 Å². The number of benzene rings is 1. The molecule has 0 atom stereocenters. The third-order valence-corrected chi connectivity index (χ3v) is 10.6. The highest BCUT2D eigenvalue weighted by Gasteiger charge is 2.40. The highest BCUT2D eigenvalue weighted by atomic mass is 31.2. The molecule has 0 radical (unpaired) electrons. The number of hydrogen-bond acceptors (Lipinski definition) is 6. The Kier molecular flexibility index (Phi) is 8.57. The number of rotatable bonds is 10. The van der Waals surface area contributed by atoms with E-state index >= 15 is 0 Å². The summed E-state index contributed by atoms with van der Waals surface area (Å²) in [7, 11) is -3.95. The summed E-state index contributed by atoms with van der Waals surface area (Å²) in [5.41, 5.74) is 1.76. The predicted octanol–water partition coefficient (Wildman–Crippen LogP) is 6.09. The van der Waals surface area contributed by atoms with E-state index in [2.05, 4.69) is 33.9 Å². The van der Waals surface area contributed by atoms with Crippen LogP contribution in [0.4, 0.5) is 0 Å². The Bertz CT molecular complexity index is 659. The molecule has 1 aromatic rings. The molecule has 0 heterocycles. The topological polar surface area (TPSA) is 63.2 Å². The minimum atomic E-state index is -3.56. The van der Waals surface area contributed by atoms with Crippen LogP contribution >= 0.6 is 7.82 Å². The van der Waals surface area contributed by atoms with Crippen LogP contribution in [0.15, 0.2) is 12.1 Å². The minimum absolute atomic E-state index is 0.0772. The number of phosphoric acid groups is 1. The first-order chi connectivity index (χ1) is 12.4. The molecule has 8 heteroatoms. The van der Waals surface area contributed by atoms with Crippen molar-refractivity contribution in [3.63, 3.8) is 0 Å². The molecule has 0 saturated heterocycles.